The Morgan fingerprint density at radius 1 is 1.45 bits per heavy atom. The lowest BCUT2D eigenvalue weighted by Gasteiger charge is -2.45. The van der Waals surface area contributed by atoms with Gasteiger partial charge in [-0.3, -0.25) is 4.79 Å². The third-order valence-corrected chi connectivity index (χ3v) is 2.38. The van der Waals surface area contributed by atoms with Crippen molar-refractivity contribution < 1.29 is 4.79 Å². The molecule has 1 aliphatic heterocycles. The van der Waals surface area contributed by atoms with E-state index in [0.717, 1.165) is 6.42 Å². The topological polar surface area (TPSA) is 20.3 Å². The van der Waals surface area contributed by atoms with Crippen molar-refractivity contribution in [3.05, 3.63) is 0 Å². The van der Waals surface area contributed by atoms with Gasteiger partial charge in [0.25, 0.3) is 0 Å². The van der Waals surface area contributed by atoms with Gasteiger partial charge in [-0.25, -0.2) is 0 Å². The Kier molecular flexibility index (Phi) is 2.53. The molecule has 64 valence electrons. The first-order valence-corrected chi connectivity index (χ1v) is 4.48. The molecule has 0 aliphatic carbocycles. The van der Waals surface area contributed by atoms with Gasteiger partial charge in [0.2, 0.25) is 5.91 Å². The van der Waals surface area contributed by atoms with E-state index in [-0.39, 0.29) is 0 Å². The van der Waals surface area contributed by atoms with E-state index in [1.54, 1.807) is 0 Å². The van der Waals surface area contributed by atoms with Gasteiger partial charge in [0.15, 0.2) is 0 Å². The van der Waals surface area contributed by atoms with Crippen LogP contribution in [0.15, 0.2) is 0 Å². The number of hydrogen-bond donors (Lipinski definition) is 0. The molecule has 11 heavy (non-hydrogen) atoms. The quantitative estimate of drug-likeness (QED) is 0.595. The molecule has 2 unspecified atom stereocenters. The van der Waals surface area contributed by atoms with Crippen molar-refractivity contribution in [3.63, 3.8) is 0 Å². The van der Waals surface area contributed by atoms with Crippen LogP contribution in [-0.2, 0) is 4.79 Å². The summed E-state index contributed by atoms with van der Waals surface area (Å²) < 4.78 is 0. The Labute approximate surface area is 68.6 Å². The van der Waals surface area contributed by atoms with Crippen molar-refractivity contribution in [2.75, 3.05) is 0 Å². The van der Waals surface area contributed by atoms with Crippen LogP contribution in [0, 0.1) is 0 Å². The average Bonchev–Trinajstić information content (AvgIpc) is 1.87. The van der Waals surface area contributed by atoms with Crippen LogP contribution >= 0.6 is 0 Å². The summed E-state index contributed by atoms with van der Waals surface area (Å²) in [6.45, 7) is 6.29. The minimum Gasteiger partial charge on any atom is -0.337 e. The van der Waals surface area contributed by atoms with Crippen molar-refractivity contribution in [3.8, 4) is 0 Å². The first kappa shape index (κ1) is 8.57. The van der Waals surface area contributed by atoms with Crippen molar-refractivity contribution in [2.45, 2.75) is 52.1 Å². The van der Waals surface area contributed by atoms with Crippen molar-refractivity contribution in [1.29, 1.82) is 0 Å². The van der Waals surface area contributed by atoms with E-state index in [2.05, 4.69) is 13.8 Å². The van der Waals surface area contributed by atoms with Gasteiger partial charge in [0.05, 0.1) is 0 Å². The van der Waals surface area contributed by atoms with Crippen molar-refractivity contribution in [2.24, 2.45) is 0 Å². The molecule has 0 aromatic rings. The maximum atomic E-state index is 11.4. The lowest BCUT2D eigenvalue weighted by atomic mass is 9.95. The zero-order valence-corrected chi connectivity index (χ0v) is 7.63. The van der Waals surface area contributed by atoms with Crippen LogP contribution in [0.2, 0.25) is 0 Å². The van der Waals surface area contributed by atoms with Gasteiger partial charge in [-0.1, -0.05) is 6.92 Å². The van der Waals surface area contributed by atoms with Gasteiger partial charge >= 0.3 is 0 Å². The molecule has 0 N–H and O–H groups in total. The monoisotopic (exact) mass is 155 g/mol. The molecule has 0 spiro atoms. The number of carbonyl (C=O) groups is 1. The molecule has 1 aliphatic rings. The zero-order chi connectivity index (χ0) is 8.43. The average molecular weight is 155 g/mol. The van der Waals surface area contributed by atoms with Crippen LogP contribution in [0.1, 0.15) is 40.0 Å². The van der Waals surface area contributed by atoms with Crippen molar-refractivity contribution >= 4 is 5.91 Å². The molecule has 0 bridgehead atoms. The number of likely N-dealkylation sites (tertiary alicyclic amines) is 1. The first-order chi connectivity index (χ1) is 5.16. The Bertz CT molecular complexity index is 148. The molecule has 0 aromatic heterocycles. The zero-order valence-electron chi connectivity index (χ0n) is 7.63. The summed E-state index contributed by atoms with van der Waals surface area (Å²) >= 11 is 0. The van der Waals surface area contributed by atoms with Gasteiger partial charge in [-0.15, -0.1) is 0 Å². The maximum Gasteiger partial charge on any atom is 0.223 e. The van der Waals surface area contributed by atoms with Crippen LogP contribution < -0.4 is 0 Å². The first-order valence-electron chi connectivity index (χ1n) is 4.48. The van der Waals surface area contributed by atoms with E-state index >= 15 is 0 Å². The lowest BCUT2D eigenvalue weighted by molar-refractivity contribution is -0.142. The summed E-state index contributed by atoms with van der Waals surface area (Å²) in [5.41, 5.74) is 0. The fourth-order valence-corrected chi connectivity index (χ4v) is 1.85. The molecule has 2 heteroatoms. The number of carbonyl (C=O) groups excluding carboxylic acids is 1. The molecular formula is C9H17NO. The van der Waals surface area contributed by atoms with Gasteiger partial charge in [0, 0.05) is 18.5 Å². The van der Waals surface area contributed by atoms with Crippen LogP contribution in [-0.4, -0.2) is 22.9 Å². The van der Waals surface area contributed by atoms with Gasteiger partial charge in [-0.2, -0.15) is 0 Å². The van der Waals surface area contributed by atoms with Gasteiger partial charge < -0.3 is 4.90 Å². The molecule has 2 nitrogen and oxygen atoms in total. The Hall–Kier alpha value is -0.530. The van der Waals surface area contributed by atoms with E-state index in [1.165, 1.54) is 6.42 Å². The summed E-state index contributed by atoms with van der Waals surface area (Å²) in [6.07, 6.45) is 2.86. The predicted octanol–water partition coefficient (Wildman–Crippen LogP) is 1.80. The third-order valence-electron chi connectivity index (χ3n) is 2.38. The normalized spacial score (nSPS) is 29.9. The smallest absolute Gasteiger partial charge is 0.223 e. The highest BCUT2D eigenvalue weighted by Crippen LogP contribution is 2.25. The maximum absolute atomic E-state index is 11.4. The second-order valence-electron chi connectivity index (χ2n) is 3.48. The molecule has 1 amide bonds. The fraction of sp³-hybridized carbons (Fsp3) is 0.889. The minimum absolute atomic E-state index is 0.332. The second-order valence-corrected chi connectivity index (χ2v) is 3.48. The van der Waals surface area contributed by atoms with Crippen LogP contribution in [0.5, 0.6) is 0 Å². The van der Waals surface area contributed by atoms with Crippen LogP contribution in [0.3, 0.4) is 0 Å². The summed E-state index contributed by atoms with van der Waals surface area (Å²) in [7, 11) is 0. The highest BCUT2D eigenvalue weighted by Gasteiger charge is 2.34. The highest BCUT2D eigenvalue weighted by atomic mass is 16.2. The lowest BCUT2D eigenvalue weighted by Crippen LogP contribution is -2.55. The largest absolute Gasteiger partial charge is 0.337 e. The molecular weight excluding hydrogens is 138 g/mol. The van der Waals surface area contributed by atoms with Crippen LogP contribution in [0.25, 0.3) is 0 Å². The van der Waals surface area contributed by atoms with Crippen LogP contribution in [0.4, 0.5) is 0 Å². The van der Waals surface area contributed by atoms with Gasteiger partial charge in [0.1, 0.15) is 0 Å². The van der Waals surface area contributed by atoms with E-state index in [4.69, 9.17) is 0 Å². The molecule has 1 heterocycles. The molecule has 1 saturated heterocycles. The summed E-state index contributed by atoms with van der Waals surface area (Å²) in [4.78, 5) is 13.4. The molecule has 0 radical (unpaired) electrons. The van der Waals surface area contributed by atoms with E-state index in [0.29, 0.717) is 24.4 Å². The standard InChI is InChI=1S/C9H17NO/c1-4-5-9(11)10-7(2)6-8(10)3/h7-8H,4-6H2,1-3H3. The number of amides is 1. The van der Waals surface area contributed by atoms with E-state index < -0.39 is 0 Å². The minimum atomic E-state index is 0.332. The number of hydrogen-bond acceptors (Lipinski definition) is 1. The third kappa shape index (κ3) is 1.55. The highest BCUT2D eigenvalue weighted by molar-refractivity contribution is 5.77. The predicted molar refractivity (Wildman–Crippen MR) is 45.3 cm³/mol. The Morgan fingerprint density at radius 2 is 2.00 bits per heavy atom. The number of rotatable bonds is 2. The molecule has 0 aromatic carbocycles. The second kappa shape index (κ2) is 3.24. The summed E-state index contributed by atoms with van der Waals surface area (Å²) in [5.74, 6) is 0.332. The van der Waals surface area contributed by atoms with E-state index in [9.17, 15) is 4.79 Å². The SMILES string of the molecule is CCCC(=O)N1C(C)CC1C. The molecule has 2 atom stereocenters. The summed E-state index contributed by atoms with van der Waals surface area (Å²) in [5, 5.41) is 0. The van der Waals surface area contributed by atoms with Gasteiger partial charge in [-0.05, 0) is 26.7 Å². The Morgan fingerprint density at radius 3 is 2.36 bits per heavy atom. The van der Waals surface area contributed by atoms with Crippen molar-refractivity contribution in [1.82, 2.24) is 4.90 Å². The molecule has 0 saturated carbocycles. The van der Waals surface area contributed by atoms with E-state index in [1.807, 2.05) is 11.8 Å². The number of nitrogens with zero attached hydrogens (tertiary/aromatic N) is 1. The Balaban J connectivity index is 2.40. The molecule has 1 fully saturated rings. The molecule has 1 rings (SSSR count). The summed E-state index contributed by atoms with van der Waals surface area (Å²) in [6, 6.07) is 0.980. The fourth-order valence-electron chi connectivity index (χ4n) is 1.85.